The number of aliphatic carboxylic acids is 2. The van der Waals surface area contributed by atoms with Crippen LogP contribution in [0.4, 0.5) is 26.3 Å². The van der Waals surface area contributed by atoms with Crippen LogP contribution in [0, 0.1) is 5.92 Å². The average Bonchev–Trinajstić information content (AvgIpc) is 3.02. The van der Waals surface area contributed by atoms with Crippen molar-refractivity contribution < 1.29 is 55.7 Å². The number of fused-ring (bicyclic) bond motifs is 2. The predicted molar refractivity (Wildman–Crippen MR) is 120 cm³/mol. The number of hydrogen-bond donors (Lipinski definition) is 2. The number of amides is 1. The third-order valence-corrected chi connectivity index (χ3v) is 5.67. The Labute approximate surface area is 212 Å². The van der Waals surface area contributed by atoms with E-state index < -0.39 is 24.3 Å². The monoisotopic (exact) mass is 553 g/mol. The van der Waals surface area contributed by atoms with Gasteiger partial charge in [-0.25, -0.2) is 9.59 Å². The fourth-order valence-corrected chi connectivity index (χ4v) is 3.79. The summed E-state index contributed by atoms with van der Waals surface area (Å²) in [4.78, 5) is 39.3. The lowest BCUT2D eigenvalue weighted by Crippen LogP contribution is -2.48. The van der Waals surface area contributed by atoms with E-state index in [-0.39, 0.29) is 12.0 Å². The van der Waals surface area contributed by atoms with Gasteiger partial charge in [0.05, 0.1) is 18.2 Å². The van der Waals surface area contributed by atoms with E-state index in [9.17, 15) is 31.1 Å². The molecule has 2 aliphatic rings. The maximum atomic E-state index is 12.9. The molecule has 0 saturated carbocycles. The highest BCUT2D eigenvalue weighted by atomic mass is 19.4. The van der Waals surface area contributed by atoms with Crippen molar-refractivity contribution in [2.45, 2.75) is 24.9 Å². The number of carboxylic acid groups (broad SMARTS) is 2. The molecule has 2 atom stereocenters. The molecule has 0 spiro atoms. The summed E-state index contributed by atoms with van der Waals surface area (Å²) in [5.41, 5.74) is 1.66. The van der Waals surface area contributed by atoms with Crippen LogP contribution in [0.15, 0.2) is 36.5 Å². The van der Waals surface area contributed by atoms with Crippen molar-refractivity contribution in [1.29, 1.82) is 0 Å². The Hall–Kier alpha value is -3.46. The SMILES string of the molecule is CN1CCO[C@@H]2CN(C(=O)c3ccc4ncccc4c3)CC[C@@H]2C1.O=C(O)C(F)(F)F.O=C(O)C(F)(F)F. The van der Waals surface area contributed by atoms with Crippen LogP contribution < -0.4 is 0 Å². The fraction of sp³-hybridized carbons (Fsp3) is 0.478. The van der Waals surface area contributed by atoms with E-state index in [1.54, 1.807) is 6.20 Å². The molecule has 2 N–H and O–H groups in total. The van der Waals surface area contributed by atoms with Crippen LogP contribution >= 0.6 is 0 Å². The second kappa shape index (κ2) is 12.9. The molecule has 0 bridgehead atoms. The summed E-state index contributed by atoms with van der Waals surface area (Å²) >= 11 is 0. The molecule has 9 nitrogen and oxygen atoms in total. The lowest BCUT2D eigenvalue weighted by molar-refractivity contribution is -0.193. The molecule has 1 aromatic heterocycles. The van der Waals surface area contributed by atoms with Gasteiger partial charge in [0.2, 0.25) is 0 Å². The van der Waals surface area contributed by atoms with E-state index in [1.165, 1.54) is 0 Å². The molecule has 0 unspecified atom stereocenters. The number of piperidine rings is 1. The van der Waals surface area contributed by atoms with Gasteiger partial charge in [-0.3, -0.25) is 9.78 Å². The Balaban J connectivity index is 0.000000301. The number of rotatable bonds is 1. The van der Waals surface area contributed by atoms with E-state index in [0.717, 1.165) is 49.1 Å². The molecule has 3 heterocycles. The quantitative estimate of drug-likeness (QED) is 0.517. The van der Waals surface area contributed by atoms with Crippen molar-refractivity contribution in [2.75, 3.05) is 39.8 Å². The first-order valence-corrected chi connectivity index (χ1v) is 11.1. The number of pyridine rings is 1. The number of likely N-dealkylation sites (tertiary alicyclic amines) is 1. The van der Waals surface area contributed by atoms with Crippen molar-refractivity contribution in [3.63, 3.8) is 0 Å². The summed E-state index contributed by atoms with van der Waals surface area (Å²) in [5, 5.41) is 15.3. The fourth-order valence-electron chi connectivity index (χ4n) is 3.79. The molecule has 0 radical (unpaired) electrons. The van der Waals surface area contributed by atoms with Gasteiger partial charge in [0.25, 0.3) is 5.91 Å². The van der Waals surface area contributed by atoms with Crippen LogP contribution in [0.2, 0.25) is 0 Å². The number of ether oxygens (including phenoxy) is 1. The first-order valence-electron chi connectivity index (χ1n) is 11.1. The Morgan fingerprint density at radius 2 is 1.58 bits per heavy atom. The highest BCUT2D eigenvalue weighted by Gasteiger charge is 2.39. The molecule has 2 aromatic rings. The largest absolute Gasteiger partial charge is 0.490 e. The minimum absolute atomic E-state index is 0.0976. The molecular weight excluding hydrogens is 528 g/mol. The number of hydrogen-bond acceptors (Lipinski definition) is 6. The van der Waals surface area contributed by atoms with Gasteiger partial charge in [0.15, 0.2) is 0 Å². The second-order valence-electron chi connectivity index (χ2n) is 8.49. The van der Waals surface area contributed by atoms with E-state index in [2.05, 4.69) is 16.9 Å². The first kappa shape index (κ1) is 30.8. The lowest BCUT2D eigenvalue weighted by atomic mass is 9.93. The smallest absolute Gasteiger partial charge is 0.475 e. The number of carbonyl (C=O) groups excluding carboxylic acids is 1. The number of nitrogens with zero attached hydrogens (tertiary/aromatic N) is 3. The zero-order valence-electron chi connectivity index (χ0n) is 20.0. The normalized spacial score (nSPS) is 20.1. The zero-order chi connectivity index (χ0) is 28.7. The third kappa shape index (κ3) is 9.13. The van der Waals surface area contributed by atoms with Gasteiger partial charge in [-0.05, 0) is 37.7 Å². The Morgan fingerprint density at radius 1 is 0.974 bits per heavy atom. The average molecular weight is 553 g/mol. The number of alkyl halides is 6. The molecule has 0 aliphatic carbocycles. The molecule has 1 aromatic carbocycles. The summed E-state index contributed by atoms with van der Waals surface area (Å²) < 4.78 is 69.5. The van der Waals surface area contributed by atoms with Crippen molar-refractivity contribution in [1.82, 2.24) is 14.8 Å². The number of aromatic nitrogens is 1. The number of carboxylic acids is 2. The van der Waals surface area contributed by atoms with Gasteiger partial charge in [-0.2, -0.15) is 26.3 Å². The Kier molecular flexibility index (Phi) is 10.4. The van der Waals surface area contributed by atoms with Gasteiger partial charge in [0, 0.05) is 49.2 Å². The van der Waals surface area contributed by atoms with E-state index in [0.29, 0.717) is 12.5 Å². The number of likely N-dealkylation sites (N-methyl/N-ethyl adjacent to an activating group) is 1. The Bertz CT molecular complexity index is 1100. The second-order valence-corrected chi connectivity index (χ2v) is 8.49. The topological polar surface area (TPSA) is 120 Å². The van der Waals surface area contributed by atoms with Crippen LogP contribution in [0.1, 0.15) is 16.8 Å². The predicted octanol–water partition coefficient (Wildman–Crippen LogP) is 3.29. The van der Waals surface area contributed by atoms with Gasteiger partial charge >= 0.3 is 24.3 Å². The van der Waals surface area contributed by atoms with E-state index in [1.807, 2.05) is 35.2 Å². The van der Waals surface area contributed by atoms with Gasteiger partial charge < -0.3 is 24.7 Å². The molecular formula is C23H25F6N3O6. The summed E-state index contributed by atoms with van der Waals surface area (Å²) in [6.07, 6.45) is -7.22. The van der Waals surface area contributed by atoms with Crippen LogP contribution in [0.25, 0.3) is 10.9 Å². The maximum Gasteiger partial charge on any atom is 0.490 e. The van der Waals surface area contributed by atoms with Crippen molar-refractivity contribution in [3.8, 4) is 0 Å². The third-order valence-electron chi connectivity index (χ3n) is 5.67. The molecule has 2 aliphatic heterocycles. The molecule has 1 amide bonds. The highest BCUT2D eigenvalue weighted by molar-refractivity contribution is 5.98. The van der Waals surface area contributed by atoms with Crippen molar-refractivity contribution in [3.05, 3.63) is 42.1 Å². The summed E-state index contributed by atoms with van der Waals surface area (Å²) in [6.45, 7) is 4.29. The molecule has 2 saturated heterocycles. The standard InChI is InChI=1S/C19H23N3O2.2C2HF3O2/c1-21-9-10-24-18-13-22(8-6-16(18)12-21)19(23)15-4-5-17-14(11-15)3-2-7-20-17;2*3-2(4,5)1(6)7/h2-5,7,11,16,18H,6,8-10,12-13H2,1H3;2*(H,6,7)/t16-,18-;;/m1../s1. The number of carbonyl (C=O) groups is 3. The number of halogens is 6. The summed E-state index contributed by atoms with van der Waals surface area (Å²) in [5.74, 6) is -4.89. The van der Waals surface area contributed by atoms with Gasteiger partial charge in [0.1, 0.15) is 0 Å². The Morgan fingerprint density at radius 3 is 2.16 bits per heavy atom. The van der Waals surface area contributed by atoms with Crippen LogP contribution in [0.3, 0.4) is 0 Å². The highest BCUT2D eigenvalue weighted by Crippen LogP contribution is 2.25. The number of benzene rings is 1. The lowest BCUT2D eigenvalue weighted by Gasteiger charge is -2.37. The molecule has 4 rings (SSSR count). The maximum absolute atomic E-state index is 12.9. The minimum atomic E-state index is -5.08. The first-order chi connectivity index (χ1) is 17.6. The van der Waals surface area contributed by atoms with E-state index >= 15 is 0 Å². The van der Waals surface area contributed by atoms with Crippen molar-refractivity contribution >= 4 is 28.7 Å². The summed E-state index contributed by atoms with van der Waals surface area (Å²) in [6, 6.07) is 9.64. The van der Waals surface area contributed by atoms with Crippen LogP contribution in [0.5, 0.6) is 0 Å². The summed E-state index contributed by atoms with van der Waals surface area (Å²) in [7, 11) is 2.15. The van der Waals surface area contributed by atoms with Crippen LogP contribution in [-0.2, 0) is 14.3 Å². The molecule has 210 valence electrons. The van der Waals surface area contributed by atoms with Crippen LogP contribution in [-0.4, -0.2) is 101 Å². The molecule has 2 fully saturated rings. The zero-order valence-corrected chi connectivity index (χ0v) is 20.0. The molecule has 15 heteroatoms. The van der Waals surface area contributed by atoms with Gasteiger partial charge in [-0.1, -0.05) is 6.07 Å². The van der Waals surface area contributed by atoms with Crippen molar-refractivity contribution in [2.24, 2.45) is 5.92 Å². The van der Waals surface area contributed by atoms with Gasteiger partial charge in [-0.15, -0.1) is 0 Å². The van der Waals surface area contributed by atoms with E-state index in [4.69, 9.17) is 24.5 Å². The minimum Gasteiger partial charge on any atom is -0.475 e. The molecule has 38 heavy (non-hydrogen) atoms.